The minimum Gasteiger partial charge on any atom is -0.0630 e. The first-order chi connectivity index (χ1) is 6.52. The van der Waals surface area contributed by atoms with E-state index < -0.39 is 0 Å². The highest BCUT2D eigenvalue weighted by Gasteiger charge is 1.94. The maximum Gasteiger partial charge on any atom is -0.0256 e. The van der Waals surface area contributed by atoms with E-state index in [9.17, 15) is 0 Å². The minimum absolute atomic E-state index is 0.766. The molecule has 0 N–H and O–H groups in total. The van der Waals surface area contributed by atoms with Gasteiger partial charge in [0.1, 0.15) is 0 Å². The van der Waals surface area contributed by atoms with E-state index in [2.05, 4.69) is 65.0 Å². The van der Waals surface area contributed by atoms with Crippen molar-refractivity contribution in [2.24, 2.45) is 11.8 Å². The van der Waals surface area contributed by atoms with Gasteiger partial charge in [0.05, 0.1) is 0 Å². The summed E-state index contributed by atoms with van der Waals surface area (Å²) in [5.41, 5.74) is 1.44. The first-order valence-corrected chi connectivity index (χ1v) is 5.56. The smallest absolute Gasteiger partial charge is 0.0256 e. The SMILES string of the molecule is CC(C)C.CC(C)Cc1ccccc1. The zero-order valence-corrected chi connectivity index (χ0v) is 10.2. The summed E-state index contributed by atoms with van der Waals surface area (Å²) < 4.78 is 0. The number of benzene rings is 1. The lowest BCUT2D eigenvalue weighted by Crippen LogP contribution is -1.92. The molecule has 0 amide bonds. The molecule has 0 aliphatic carbocycles. The summed E-state index contributed by atoms with van der Waals surface area (Å²) in [6.45, 7) is 11.0. The van der Waals surface area contributed by atoms with Crippen molar-refractivity contribution in [3.63, 3.8) is 0 Å². The van der Waals surface area contributed by atoms with Crippen LogP contribution in [0, 0.1) is 11.8 Å². The quantitative estimate of drug-likeness (QED) is 0.645. The molecule has 0 aliphatic heterocycles. The highest BCUT2D eigenvalue weighted by molar-refractivity contribution is 5.14. The molecular weight excluding hydrogens is 168 g/mol. The predicted octanol–water partition coefficient (Wildman–Crippen LogP) is 4.55. The molecule has 14 heavy (non-hydrogen) atoms. The lowest BCUT2D eigenvalue weighted by molar-refractivity contribution is 0.647. The van der Waals surface area contributed by atoms with Gasteiger partial charge in [-0.1, -0.05) is 65.0 Å². The Balaban J connectivity index is 0.000000364. The maximum absolute atomic E-state index is 2.24. The summed E-state index contributed by atoms with van der Waals surface area (Å²) in [5.74, 6) is 1.60. The van der Waals surface area contributed by atoms with Crippen molar-refractivity contribution >= 4 is 0 Å². The normalized spacial score (nSPS) is 9.93. The fraction of sp³-hybridized carbons (Fsp3) is 0.571. The topological polar surface area (TPSA) is 0 Å². The Labute approximate surface area is 89.4 Å². The molecule has 0 fully saturated rings. The summed E-state index contributed by atoms with van der Waals surface area (Å²) in [5, 5.41) is 0. The van der Waals surface area contributed by atoms with Crippen LogP contribution in [0.4, 0.5) is 0 Å². The molecule has 1 aromatic rings. The molecule has 0 radical (unpaired) electrons. The van der Waals surface area contributed by atoms with Crippen LogP contribution in [0.15, 0.2) is 30.3 Å². The first kappa shape index (κ1) is 13.2. The summed E-state index contributed by atoms with van der Waals surface area (Å²) in [4.78, 5) is 0. The second-order valence-electron chi connectivity index (χ2n) is 4.82. The molecule has 0 heteroatoms. The highest BCUT2D eigenvalue weighted by atomic mass is 14.0. The van der Waals surface area contributed by atoms with Crippen LogP contribution in [0.5, 0.6) is 0 Å². The first-order valence-electron chi connectivity index (χ1n) is 5.56. The van der Waals surface area contributed by atoms with E-state index in [1.165, 1.54) is 12.0 Å². The molecule has 0 bridgehead atoms. The van der Waals surface area contributed by atoms with Crippen LogP contribution in [0.1, 0.15) is 40.2 Å². The van der Waals surface area contributed by atoms with Gasteiger partial charge in [0.15, 0.2) is 0 Å². The number of hydrogen-bond donors (Lipinski definition) is 0. The van der Waals surface area contributed by atoms with Crippen molar-refractivity contribution in [1.29, 1.82) is 0 Å². The van der Waals surface area contributed by atoms with Gasteiger partial charge in [-0.05, 0) is 23.8 Å². The van der Waals surface area contributed by atoms with Gasteiger partial charge in [0, 0.05) is 0 Å². The zero-order chi connectivity index (χ0) is 11.0. The molecule has 0 spiro atoms. The Morgan fingerprint density at radius 3 is 1.64 bits per heavy atom. The van der Waals surface area contributed by atoms with Crippen molar-refractivity contribution in [3.8, 4) is 0 Å². The molecule has 0 aliphatic rings. The van der Waals surface area contributed by atoms with E-state index in [0.717, 1.165) is 11.8 Å². The van der Waals surface area contributed by atoms with Crippen molar-refractivity contribution in [3.05, 3.63) is 35.9 Å². The Morgan fingerprint density at radius 1 is 0.857 bits per heavy atom. The fourth-order valence-electron chi connectivity index (χ4n) is 1.09. The molecule has 0 saturated carbocycles. The third-order valence-corrected chi connectivity index (χ3v) is 1.49. The second kappa shape index (κ2) is 7.61. The Bertz CT molecular complexity index is 206. The molecule has 0 nitrogen and oxygen atoms in total. The van der Waals surface area contributed by atoms with E-state index in [-0.39, 0.29) is 0 Å². The molecule has 0 atom stereocenters. The van der Waals surface area contributed by atoms with E-state index in [1.807, 2.05) is 0 Å². The third kappa shape index (κ3) is 9.31. The fourth-order valence-corrected chi connectivity index (χ4v) is 1.09. The molecule has 1 rings (SSSR count). The van der Waals surface area contributed by atoms with Gasteiger partial charge in [-0.15, -0.1) is 0 Å². The summed E-state index contributed by atoms with van der Waals surface area (Å²) >= 11 is 0. The van der Waals surface area contributed by atoms with Crippen LogP contribution >= 0.6 is 0 Å². The molecule has 0 aromatic heterocycles. The van der Waals surface area contributed by atoms with Crippen molar-refractivity contribution < 1.29 is 0 Å². The summed E-state index contributed by atoms with van der Waals surface area (Å²) in [6.07, 6.45) is 1.20. The van der Waals surface area contributed by atoms with Crippen LogP contribution in [0.2, 0.25) is 0 Å². The lowest BCUT2D eigenvalue weighted by atomic mass is 10.0. The standard InChI is InChI=1S/C10H14.C4H10/c1-9(2)8-10-6-4-3-5-7-10;1-4(2)3/h3-7,9H,8H2,1-2H3;4H,1-3H3. The van der Waals surface area contributed by atoms with Crippen molar-refractivity contribution in [2.75, 3.05) is 0 Å². The van der Waals surface area contributed by atoms with Crippen LogP contribution < -0.4 is 0 Å². The van der Waals surface area contributed by atoms with Gasteiger partial charge in [0.2, 0.25) is 0 Å². The largest absolute Gasteiger partial charge is 0.0630 e. The Hall–Kier alpha value is -0.780. The second-order valence-corrected chi connectivity index (χ2v) is 4.82. The molecule has 0 heterocycles. The van der Waals surface area contributed by atoms with E-state index in [4.69, 9.17) is 0 Å². The van der Waals surface area contributed by atoms with Crippen molar-refractivity contribution in [2.45, 2.75) is 41.0 Å². The van der Waals surface area contributed by atoms with Gasteiger partial charge >= 0.3 is 0 Å². The van der Waals surface area contributed by atoms with Gasteiger partial charge in [-0.25, -0.2) is 0 Å². The lowest BCUT2D eigenvalue weighted by Gasteiger charge is -2.02. The van der Waals surface area contributed by atoms with Gasteiger partial charge in [0.25, 0.3) is 0 Å². The molecule has 1 aromatic carbocycles. The Kier molecular flexibility index (Phi) is 7.18. The number of rotatable bonds is 2. The minimum atomic E-state index is 0.766. The van der Waals surface area contributed by atoms with Crippen LogP contribution in [0.25, 0.3) is 0 Å². The molecule has 80 valence electrons. The van der Waals surface area contributed by atoms with E-state index in [1.54, 1.807) is 0 Å². The van der Waals surface area contributed by atoms with E-state index >= 15 is 0 Å². The van der Waals surface area contributed by atoms with Gasteiger partial charge in [-0.3, -0.25) is 0 Å². The van der Waals surface area contributed by atoms with E-state index in [0.29, 0.717) is 0 Å². The number of hydrogen-bond acceptors (Lipinski definition) is 0. The zero-order valence-electron chi connectivity index (χ0n) is 10.2. The van der Waals surface area contributed by atoms with Crippen LogP contribution in [0.3, 0.4) is 0 Å². The van der Waals surface area contributed by atoms with Crippen LogP contribution in [-0.4, -0.2) is 0 Å². The van der Waals surface area contributed by atoms with Gasteiger partial charge in [-0.2, -0.15) is 0 Å². The monoisotopic (exact) mass is 192 g/mol. The summed E-state index contributed by atoms with van der Waals surface area (Å²) in [6, 6.07) is 10.6. The molecular formula is C14H24. The predicted molar refractivity (Wildman–Crippen MR) is 65.5 cm³/mol. The summed E-state index contributed by atoms with van der Waals surface area (Å²) in [7, 11) is 0. The average Bonchev–Trinajstić information content (AvgIpc) is 2.03. The molecule has 0 unspecified atom stereocenters. The highest BCUT2D eigenvalue weighted by Crippen LogP contribution is 2.05. The third-order valence-electron chi connectivity index (χ3n) is 1.49. The van der Waals surface area contributed by atoms with Crippen LogP contribution in [-0.2, 0) is 6.42 Å². The van der Waals surface area contributed by atoms with Crippen molar-refractivity contribution in [1.82, 2.24) is 0 Å². The van der Waals surface area contributed by atoms with Gasteiger partial charge < -0.3 is 0 Å². The molecule has 0 saturated heterocycles. The maximum atomic E-state index is 2.24. The average molecular weight is 192 g/mol. The Morgan fingerprint density at radius 2 is 1.29 bits per heavy atom.